The van der Waals surface area contributed by atoms with Crippen molar-refractivity contribution in [1.82, 2.24) is 9.88 Å². The van der Waals surface area contributed by atoms with Crippen LogP contribution in [0.3, 0.4) is 0 Å². The Kier molecular flexibility index (Phi) is 6.05. The fourth-order valence-corrected chi connectivity index (χ4v) is 3.20. The van der Waals surface area contributed by atoms with E-state index in [0.29, 0.717) is 37.5 Å². The van der Waals surface area contributed by atoms with Crippen LogP contribution < -0.4 is 10.1 Å². The Labute approximate surface area is 165 Å². The molecule has 0 atom stereocenters. The summed E-state index contributed by atoms with van der Waals surface area (Å²) in [5, 5.41) is 2.74. The molecule has 1 aromatic heterocycles. The van der Waals surface area contributed by atoms with Crippen molar-refractivity contribution >= 4 is 17.6 Å². The number of carbonyl (C=O) groups is 2. The maximum absolute atomic E-state index is 12.7. The average molecular weight is 407 g/mol. The van der Waals surface area contributed by atoms with Gasteiger partial charge in [-0.2, -0.15) is 13.2 Å². The zero-order valence-electron chi connectivity index (χ0n) is 15.7. The Bertz CT molecular complexity index is 877. The van der Waals surface area contributed by atoms with Crippen molar-refractivity contribution in [3.8, 4) is 5.75 Å². The zero-order valence-corrected chi connectivity index (χ0v) is 15.7. The first-order valence-electron chi connectivity index (χ1n) is 9.06. The van der Waals surface area contributed by atoms with Gasteiger partial charge in [-0.1, -0.05) is 0 Å². The van der Waals surface area contributed by atoms with E-state index in [0.717, 1.165) is 12.1 Å². The highest BCUT2D eigenvalue weighted by molar-refractivity contribution is 5.95. The molecule has 0 saturated carbocycles. The van der Waals surface area contributed by atoms with E-state index in [1.807, 2.05) is 0 Å². The Balaban J connectivity index is 1.57. The van der Waals surface area contributed by atoms with E-state index >= 15 is 0 Å². The molecule has 0 bridgehead atoms. The van der Waals surface area contributed by atoms with Crippen LogP contribution >= 0.6 is 0 Å². The van der Waals surface area contributed by atoms with Crippen LogP contribution in [0.15, 0.2) is 42.6 Å². The lowest BCUT2D eigenvalue weighted by molar-refractivity contribution is -0.137. The molecule has 0 unspecified atom stereocenters. The number of alkyl halides is 3. The van der Waals surface area contributed by atoms with E-state index in [1.54, 1.807) is 23.2 Å². The van der Waals surface area contributed by atoms with Gasteiger partial charge in [0, 0.05) is 30.8 Å². The predicted molar refractivity (Wildman–Crippen MR) is 99.5 cm³/mol. The van der Waals surface area contributed by atoms with Crippen LogP contribution in [0.25, 0.3) is 0 Å². The van der Waals surface area contributed by atoms with E-state index in [2.05, 4.69) is 10.3 Å². The van der Waals surface area contributed by atoms with Gasteiger partial charge in [-0.15, -0.1) is 0 Å². The molecule has 2 aromatic rings. The molecule has 1 aromatic carbocycles. The lowest BCUT2D eigenvalue weighted by atomic mass is 9.95. The molecule has 2 heterocycles. The minimum atomic E-state index is -4.44. The quantitative estimate of drug-likeness (QED) is 0.841. The highest BCUT2D eigenvalue weighted by Crippen LogP contribution is 2.29. The predicted octanol–water partition coefficient (Wildman–Crippen LogP) is 3.60. The Morgan fingerprint density at radius 1 is 1.14 bits per heavy atom. The molecule has 154 valence electrons. The number of methoxy groups -OCH3 is 1. The molecule has 1 aliphatic heterocycles. The summed E-state index contributed by atoms with van der Waals surface area (Å²) in [6.07, 6.45) is -1.99. The summed E-state index contributed by atoms with van der Waals surface area (Å²) in [7, 11) is 1.48. The topological polar surface area (TPSA) is 71.5 Å². The van der Waals surface area contributed by atoms with E-state index in [4.69, 9.17) is 4.74 Å². The SMILES string of the molecule is COc1cccnc1NC(=O)C1CCN(C(=O)c2ccc(C(F)(F)F)cc2)CC1. The fourth-order valence-electron chi connectivity index (χ4n) is 3.20. The average Bonchev–Trinajstić information content (AvgIpc) is 2.73. The number of halogens is 3. The Morgan fingerprint density at radius 2 is 1.79 bits per heavy atom. The molecule has 1 fully saturated rings. The molecule has 9 heteroatoms. The molecular weight excluding hydrogens is 387 g/mol. The molecule has 2 amide bonds. The van der Waals surface area contributed by atoms with Crippen LogP contribution in [0.1, 0.15) is 28.8 Å². The normalized spacial score (nSPS) is 15.1. The largest absolute Gasteiger partial charge is 0.493 e. The summed E-state index contributed by atoms with van der Waals surface area (Å²) in [6.45, 7) is 0.689. The van der Waals surface area contributed by atoms with Crippen LogP contribution in [-0.4, -0.2) is 41.9 Å². The maximum Gasteiger partial charge on any atom is 0.416 e. The van der Waals surface area contributed by atoms with E-state index in [1.165, 1.54) is 19.2 Å². The summed E-state index contributed by atoms with van der Waals surface area (Å²) >= 11 is 0. The second-order valence-corrected chi connectivity index (χ2v) is 6.69. The summed E-state index contributed by atoms with van der Waals surface area (Å²) in [5.41, 5.74) is -0.603. The van der Waals surface area contributed by atoms with E-state index in [9.17, 15) is 22.8 Å². The number of hydrogen-bond donors (Lipinski definition) is 1. The minimum Gasteiger partial charge on any atom is -0.493 e. The minimum absolute atomic E-state index is 0.194. The van der Waals surface area contributed by atoms with Crippen molar-refractivity contribution in [1.29, 1.82) is 0 Å². The number of nitrogens with one attached hydrogen (secondary N) is 1. The number of aromatic nitrogens is 1. The number of anilines is 1. The van der Waals surface area contributed by atoms with Crippen molar-refractivity contribution in [3.05, 3.63) is 53.7 Å². The van der Waals surface area contributed by atoms with Crippen LogP contribution in [-0.2, 0) is 11.0 Å². The van der Waals surface area contributed by atoms with Crippen LogP contribution in [0.5, 0.6) is 5.75 Å². The Morgan fingerprint density at radius 3 is 2.38 bits per heavy atom. The first kappa shape index (κ1) is 20.6. The van der Waals surface area contributed by atoms with Gasteiger partial charge in [0.2, 0.25) is 5.91 Å². The number of benzene rings is 1. The summed E-state index contributed by atoms with van der Waals surface area (Å²) in [5.74, 6) is -0.0509. The van der Waals surface area contributed by atoms with E-state index in [-0.39, 0.29) is 23.3 Å². The molecule has 1 aliphatic rings. The van der Waals surface area contributed by atoms with Crippen molar-refractivity contribution < 1.29 is 27.5 Å². The summed E-state index contributed by atoms with van der Waals surface area (Å²) < 4.78 is 43.1. The first-order valence-corrected chi connectivity index (χ1v) is 9.06. The van der Waals surface area contributed by atoms with Crippen molar-refractivity contribution in [3.63, 3.8) is 0 Å². The van der Waals surface area contributed by atoms with Gasteiger partial charge in [0.05, 0.1) is 12.7 Å². The lowest BCUT2D eigenvalue weighted by Crippen LogP contribution is -2.41. The zero-order chi connectivity index (χ0) is 21.0. The van der Waals surface area contributed by atoms with Gasteiger partial charge in [-0.3, -0.25) is 9.59 Å². The smallest absolute Gasteiger partial charge is 0.416 e. The molecule has 3 rings (SSSR count). The summed E-state index contributed by atoms with van der Waals surface area (Å²) in [6, 6.07) is 7.53. The van der Waals surface area contributed by atoms with Crippen LogP contribution in [0.4, 0.5) is 19.0 Å². The lowest BCUT2D eigenvalue weighted by Gasteiger charge is -2.31. The van der Waals surface area contributed by atoms with Gasteiger partial charge in [0.25, 0.3) is 5.91 Å². The van der Waals surface area contributed by atoms with E-state index < -0.39 is 11.7 Å². The molecule has 0 radical (unpaired) electrons. The molecule has 1 saturated heterocycles. The fraction of sp³-hybridized carbons (Fsp3) is 0.350. The third-order valence-corrected chi connectivity index (χ3v) is 4.84. The number of likely N-dealkylation sites (tertiary alicyclic amines) is 1. The highest BCUT2D eigenvalue weighted by atomic mass is 19.4. The van der Waals surface area contributed by atoms with Gasteiger partial charge < -0.3 is 15.0 Å². The number of rotatable bonds is 4. The number of amides is 2. The first-order chi connectivity index (χ1) is 13.8. The second kappa shape index (κ2) is 8.50. The van der Waals surface area contributed by atoms with Crippen LogP contribution in [0, 0.1) is 5.92 Å². The van der Waals surface area contributed by atoms with Crippen molar-refractivity contribution in [2.75, 3.05) is 25.5 Å². The molecular formula is C20H20F3N3O3. The number of nitrogens with zero attached hydrogens (tertiary/aromatic N) is 2. The van der Waals surface area contributed by atoms with Gasteiger partial charge in [-0.05, 0) is 49.2 Å². The standard InChI is InChI=1S/C20H20F3N3O3/c1-29-16-3-2-10-24-17(16)25-18(27)13-8-11-26(12-9-13)19(28)14-4-6-15(7-5-14)20(21,22)23/h2-7,10,13H,8-9,11-12H2,1H3,(H,24,25,27). The summed E-state index contributed by atoms with van der Waals surface area (Å²) in [4.78, 5) is 30.7. The van der Waals surface area contributed by atoms with Crippen molar-refractivity contribution in [2.24, 2.45) is 5.92 Å². The second-order valence-electron chi connectivity index (χ2n) is 6.69. The third-order valence-electron chi connectivity index (χ3n) is 4.84. The van der Waals surface area contributed by atoms with Gasteiger partial charge in [0.1, 0.15) is 0 Å². The molecule has 1 N–H and O–H groups in total. The van der Waals surface area contributed by atoms with Gasteiger partial charge >= 0.3 is 6.18 Å². The molecule has 0 spiro atoms. The molecule has 29 heavy (non-hydrogen) atoms. The number of hydrogen-bond acceptors (Lipinski definition) is 4. The highest BCUT2D eigenvalue weighted by Gasteiger charge is 2.31. The third kappa shape index (κ3) is 4.85. The molecule has 0 aliphatic carbocycles. The number of ether oxygens (including phenoxy) is 1. The maximum atomic E-state index is 12.7. The van der Waals surface area contributed by atoms with Gasteiger partial charge in [-0.25, -0.2) is 4.98 Å². The molecule has 6 nitrogen and oxygen atoms in total. The monoisotopic (exact) mass is 407 g/mol. The number of carbonyl (C=O) groups excluding carboxylic acids is 2. The van der Waals surface area contributed by atoms with Gasteiger partial charge in [0.15, 0.2) is 11.6 Å². The van der Waals surface area contributed by atoms with Crippen molar-refractivity contribution in [2.45, 2.75) is 19.0 Å². The van der Waals surface area contributed by atoms with Crippen LogP contribution in [0.2, 0.25) is 0 Å². The number of pyridine rings is 1. The number of piperidine rings is 1. The Hall–Kier alpha value is -3.10.